The van der Waals surface area contributed by atoms with Gasteiger partial charge in [0.1, 0.15) is 5.75 Å². The summed E-state index contributed by atoms with van der Waals surface area (Å²) >= 11 is 0. The summed E-state index contributed by atoms with van der Waals surface area (Å²) in [6, 6.07) is 20.3. The first-order valence-electron chi connectivity index (χ1n) is 15.7. The number of methoxy groups -OCH3 is 3. The van der Waals surface area contributed by atoms with Crippen LogP contribution in [0, 0.1) is 0 Å². The number of hydrogen-bond acceptors (Lipinski definition) is 7. The largest absolute Gasteiger partial charge is 0.493 e. The van der Waals surface area contributed by atoms with Gasteiger partial charge in [-0.05, 0) is 74.5 Å². The van der Waals surface area contributed by atoms with Crippen molar-refractivity contribution < 1.29 is 23.7 Å². The Hall–Kier alpha value is -3.75. The summed E-state index contributed by atoms with van der Waals surface area (Å²) in [4.78, 5) is 20.5. The number of para-hydroxylation sites is 2. The zero-order valence-corrected chi connectivity index (χ0v) is 26.9. The highest BCUT2D eigenvalue weighted by Gasteiger charge is 2.44. The molecule has 236 valence electrons. The molecule has 0 spiro atoms. The fourth-order valence-electron chi connectivity index (χ4n) is 6.61. The summed E-state index contributed by atoms with van der Waals surface area (Å²) in [5, 5.41) is 0. The standard InChI is InChI=1S/C36H47N3O5/c1-36(26-28-12-6-8-14-30(28)37(2)35(36)40)29-13-7-9-15-31(29)44-23-11-10-17-38-19-21-39(22-20-38)18-16-27-24-32(41-3)34(43-5)33(25-27)42-4/h6-9,12-15,24-25H,10-11,16-23,26H2,1-5H3. The van der Waals surface area contributed by atoms with E-state index in [0.717, 1.165) is 75.5 Å². The molecule has 0 saturated carbocycles. The smallest absolute Gasteiger partial charge is 0.237 e. The van der Waals surface area contributed by atoms with Gasteiger partial charge in [-0.2, -0.15) is 0 Å². The fourth-order valence-corrected chi connectivity index (χ4v) is 6.61. The number of likely N-dealkylation sites (N-methyl/N-ethyl adjacent to an activating group) is 1. The molecule has 3 aromatic carbocycles. The van der Waals surface area contributed by atoms with Crippen molar-refractivity contribution in [2.45, 2.75) is 38.0 Å². The van der Waals surface area contributed by atoms with Gasteiger partial charge in [-0.3, -0.25) is 4.79 Å². The van der Waals surface area contributed by atoms with Gasteiger partial charge in [0.05, 0.1) is 33.4 Å². The average Bonchev–Trinajstić information content (AvgIpc) is 3.06. The number of piperazine rings is 1. The minimum Gasteiger partial charge on any atom is -0.493 e. The summed E-state index contributed by atoms with van der Waals surface area (Å²) in [5.74, 6) is 2.96. The van der Waals surface area contributed by atoms with Gasteiger partial charge in [0.25, 0.3) is 0 Å². The molecule has 2 aliphatic rings. The predicted octanol–water partition coefficient (Wildman–Crippen LogP) is 5.21. The first kappa shape index (κ1) is 31.7. The lowest BCUT2D eigenvalue weighted by atomic mass is 9.73. The number of fused-ring (bicyclic) bond motifs is 1. The summed E-state index contributed by atoms with van der Waals surface area (Å²) in [5.41, 5.74) is 3.67. The van der Waals surface area contributed by atoms with Gasteiger partial charge in [-0.15, -0.1) is 0 Å². The molecular weight excluding hydrogens is 554 g/mol. The first-order valence-corrected chi connectivity index (χ1v) is 15.7. The number of benzene rings is 3. The van der Waals surface area contributed by atoms with Crippen LogP contribution in [0.1, 0.15) is 36.5 Å². The van der Waals surface area contributed by atoms with Gasteiger partial charge in [-0.1, -0.05) is 36.4 Å². The second-order valence-corrected chi connectivity index (χ2v) is 12.0. The zero-order valence-electron chi connectivity index (χ0n) is 26.9. The minimum absolute atomic E-state index is 0.106. The van der Waals surface area contributed by atoms with E-state index >= 15 is 0 Å². The molecule has 8 heteroatoms. The van der Waals surface area contributed by atoms with Crippen LogP contribution >= 0.6 is 0 Å². The molecule has 0 aromatic heterocycles. The van der Waals surface area contributed by atoms with Gasteiger partial charge in [0.2, 0.25) is 11.7 Å². The maximum atomic E-state index is 13.6. The molecule has 44 heavy (non-hydrogen) atoms. The normalized spacial score (nSPS) is 19.0. The number of anilines is 1. The summed E-state index contributed by atoms with van der Waals surface area (Å²) in [6.45, 7) is 9.06. The van der Waals surface area contributed by atoms with E-state index in [4.69, 9.17) is 18.9 Å². The maximum Gasteiger partial charge on any atom is 0.237 e. The molecule has 5 rings (SSSR count). The van der Waals surface area contributed by atoms with E-state index in [1.807, 2.05) is 62.5 Å². The molecule has 8 nitrogen and oxygen atoms in total. The van der Waals surface area contributed by atoms with Crippen molar-refractivity contribution in [2.24, 2.45) is 0 Å². The van der Waals surface area contributed by atoms with Crippen LogP contribution in [0.25, 0.3) is 0 Å². The predicted molar refractivity (Wildman–Crippen MR) is 175 cm³/mol. The average molecular weight is 602 g/mol. The van der Waals surface area contributed by atoms with Crippen molar-refractivity contribution in [3.63, 3.8) is 0 Å². The van der Waals surface area contributed by atoms with E-state index in [1.54, 1.807) is 26.2 Å². The highest BCUT2D eigenvalue weighted by atomic mass is 16.5. The Balaban J connectivity index is 1.06. The van der Waals surface area contributed by atoms with Crippen molar-refractivity contribution >= 4 is 11.6 Å². The Morgan fingerprint density at radius 1 is 0.773 bits per heavy atom. The molecule has 1 fully saturated rings. The van der Waals surface area contributed by atoms with Crippen LogP contribution in [0.2, 0.25) is 0 Å². The second kappa shape index (κ2) is 14.4. The molecular formula is C36H47N3O5. The lowest BCUT2D eigenvalue weighted by Gasteiger charge is -2.39. The molecule has 0 N–H and O–H groups in total. The van der Waals surface area contributed by atoms with E-state index in [-0.39, 0.29) is 5.91 Å². The molecule has 0 bridgehead atoms. The van der Waals surface area contributed by atoms with Gasteiger partial charge < -0.3 is 33.6 Å². The number of unbranched alkanes of at least 4 members (excludes halogenated alkanes) is 1. The Labute approximate surface area is 262 Å². The lowest BCUT2D eigenvalue weighted by molar-refractivity contribution is -0.123. The van der Waals surface area contributed by atoms with Crippen LogP contribution in [0.15, 0.2) is 60.7 Å². The fraction of sp³-hybridized carbons (Fsp3) is 0.472. The Kier molecular flexibility index (Phi) is 10.3. The Morgan fingerprint density at radius 3 is 2.09 bits per heavy atom. The molecule has 0 radical (unpaired) electrons. The van der Waals surface area contributed by atoms with Gasteiger partial charge in [0.15, 0.2) is 11.5 Å². The Morgan fingerprint density at radius 2 is 1.41 bits per heavy atom. The van der Waals surface area contributed by atoms with E-state index in [1.165, 1.54) is 11.1 Å². The minimum atomic E-state index is -0.662. The molecule has 1 amide bonds. The molecule has 1 atom stereocenters. The van der Waals surface area contributed by atoms with Crippen LogP contribution in [0.5, 0.6) is 23.0 Å². The second-order valence-electron chi connectivity index (χ2n) is 12.0. The summed E-state index contributed by atoms with van der Waals surface area (Å²) in [6.07, 6.45) is 3.66. The monoisotopic (exact) mass is 601 g/mol. The third-order valence-electron chi connectivity index (χ3n) is 9.19. The number of amides is 1. The topological polar surface area (TPSA) is 63.7 Å². The van der Waals surface area contributed by atoms with Crippen molar-refractivity contribution in [3.05, 3.63) is 77.4 Å². The van der Waals surface area contributed by atoms with Gasteiger partial charge in [-0.25, -0.2) is 0 Å². The molecule has 1 saturated heterocycles. The third-order valence-corrected chi connectivity index (χ3v) is 9.19. The lowest BCUT2D eigenvalue weighted by Crippen LogP contribution is -2.48. The van der Waals surface area contributed by atoms with E-state index < -0.39 is 5.41 Å². The quantitative estimate of drug-likeness (QED) is 0.249. The van der Waals surface area contributed by atoms with Crippen molar-refractivity contribution in [3.8, 4) is 23.0 Å². The van der Waals surface area contributed by atoms with Crippen LogP contribution in [0.3, 0.4) is 0 Å². The first-order chi connectivity index (χ1) is 21.4. The number of carbonyl (C=O) groups excluding carboxylic acids is 1. The highest BCUT2D eigenvalue weighted by Crippen LogP contribution is 2.42. The number of carbonyl (C=O) groups is 1. The van der Waals surface area contributed by atoms with Crippen LogP contribution in [-0.4, -0.2) is 90.0 Å². The number of ether oxygens (including phenoxy) is 4. The summed E-state index contributed by atoms with van der Waals surface area (Å²) < 4.78 is 22.8. The van der Waals surface area contributed by atoms with E-state index in [0.29, 0.717) is 30.3 Å². The third kappa shape index (κ3) is 6.81. The highest BCUT2D eigenvalue weighted by molar-refractivity contribution is 6.03. The van der Waals surface area contributed by atoms with Crippen LogP contribution in [0.4, 0.5) is 5.69 Å². The van der Waals surface area contributed by atoms with Gasteiger partial charge in [0, 0.05) is 51.0 Å². The zero-order chi connectivity index (χ0) is 31.1. The number of nitrogens with zero attached hydrogens (tertiary/aromatic N) is 3. The molecule has 2 aliphatic heterocycles. The SMILES string of the molecule is COc1cc(CCN2CCN(CCCCOc3ccccc3C3(C)Cc4ccccc4N(C)C3=O)CC2)cc(OC)c1OC. The number of hydrogen-bond donors (Lipinski definition) is 0. The van der Waals surface area contributed by atoms with E-state index in [9.17, 15) is 4.79 Å². The molecule has 2 heterocycles. The van der Waals surface area contributed by atoms with Crippen molar-refractivity contribution in [1.29, 1.82) is 0 Å². The van der Waals surface area contributed by atoms with Crippen molar-refractivity contribution in [1.82, 2.24) is 9.80 Å². The van der Waals surface area contributed by atoms with Crippen LogP contribution in [-0.2, 0) is 23.1 Å². The summed E-state index contributed by atoms with van der Waals surface area (Å²) in [7, 11) is 6.82. The van der Waals surface area contributed by atoms with Crippen LogP contribution < -0.4 is 23.8 Å². The van der Waals surface area contributed by atoms with E-state index in [2.05, 4.69) is 21.9 Å². The molecule has 3 aromatic rings. The van der Waals surface area contributed by atoms with Gasteiger partial charge >= 0.3 is 0 Å². The maximum absolute atomic E-state index is 13.6. The van der Waals surface area contributed by atoms with Crippen molar-refractivity contribution in [2.75, 3.05) is 79.2 Å². The molecule has 0 aliphatic carbocycles. The molecule has 1 unspecified atom stereocenters. The Bertz CT molecular complexity index is 1400. The number of rotatable bonds is 13.